The molecule has 112 valence electrons. The van der Waals surface area contributed by atoms with Crippen LogP contribution in [0.25, 0.3) is 0 Å². The van der Waals surface area contributed by atoms with Crippen molar-refractivity contribution in [1.29, 1.82) is 0 Å². The highest BCUT2D eigenvalue weighted by Gasteiger charge is 2.20. The molecule has 1 heterocycles. The Kier molecular flexibility index (Phi) is 4.22. The number of carbonyl (C=O) groups excluding carboxylic acids is 1. The molecule has 0 spiro atoms. The van der Waals surface area contributed by atoms with Gasteiger partial charge in [0.1, 0.15) is 5.69 Å². The standard InChI is InChI=1S/C12H12ClN3O3S2/c1-6-3-8(13)9(14)4-11(6)21(18,19)16-12-15-10(5-20-12)7(2)17/h3-5H,14H2,1-2H3,(H,15,16). The first-order valence-electron chi connectivity index (χ1n) is 5.75. The summed E-state index contributed by atoms with van der Waals surface area (Å²) in [4.78, 5) is 15.1. The lowest BCUT2D eigenvalue weighted by Gasteiger charge is -2.10. The van der Waals surface area contributed by atoms with Gasteiger partial charge in [0.05, 0.1) is 15.6 Å². The largest absolute Gasteiger partial charge is 0.397 e. The number of rotatable bonds is 4. The summed E-state index contributed by atoms with van der Waals surface area (Å²) in [7, 11) is -3.85. The number of carbonyl (C=O) groups is 1. The zero-order valence-electron chi connectivity index (χ0n) is 11.2. The van der Waals surface area contributed by atoms with Crippen molar-refractivity contribution in [2.24, 2.45) is 0 Å². The number of anilines is 2. The second-order valence-electron chi connectivity index (χ2n) is 4.34. The van der Waals surface area contributed by atoms with Crippen LogP contribution in [0.2, 0.25) is 5.02 Å². The molecule has 0 aliphatic rings. The predicted octanol–water partition coefficient (Wildman–Crippen LogP) is 2.69. The molecule has 1 aromatic carbocycles. The molecule has 9 heteroatoms. The third-order valence-electron chi connectivity index (χ3n) is 2.67. The van der Waals surface area contributed by atoms with E-state index < -0.39 is 10.0 Å². The van der Waals surface area contributed by atoms with Gasteiger partial charge in [0, 0.05) is 12.3 Å². The Hall–Kier alpha value is -1.64. The van der Waals surface area contributed by atoms with E-state index in [0.717, 1.165) is 11.3 Å². The number of nitrogens with zero attached hydrogens (tertiary/aromatic N) is 1. The average Bonchev–Trinajstić information content (AvgIpc) is 2.81. The van der Waals surface area contributed by atoms with E-state index in [2.05, 4.69) is 9.71 Å². The molecule has 21 heavy (non-hydrogen) atoms. The van der Waals surface area contributed by atoms with E-state index in [4.69, 9.17) is 17.3 Å². The van der Waals surface area contributed by atoms with Crippen molar-refractivity contribution < 1.29 is 13.2 Å². The van der Waals surface area contributed by atoms with Gasteiger partial charge < -0.3 is 5.73 Å². The van der Waals surface area contributed by atoms with Gasteiger partial charge in [-0.1, -0.05) is 11.6 Å². The minimum absolute atomic E-state index is 0.0176. The normalized spacial score (nSPS) is 11.4. The number of aryl methyl sites for hydroxylation is 1. The highest BCUT2D eigenvalue weighted by molar-refractivity contribution is 7.93. The molecule has 0 unspecified atom stereocenters. The van der Waals surface area contributed by atoms with Crippen LogP contribution in [0.1, 0.15) is 23.0 Å². The Morgan fingerprint density at radius 1 is 1.43 bits per heavy atom. The predicted molar refractivity (Wildman–Crippen MR) is 83.5 cm³/mol. The molecule has 2 rings (SSSR count). The molecule has 0 aliphatic carbocycles. The van der Waals surface area contributed by atoms with Crippen LogP contribution < -0.4 is 10.5 Å². The van der Waals surface area contributed by atoms with Crippen molar-refractivity contribution in [1.82, 2.24) is 4.98 Å². The number of sulfonamides is 1. The van der Waals surface area contributed by atoms with Gasteiger partial charge in [-0.15, -0.1) is 11.3 Å². The summed E-state index contributed by atoms with van der Waals surface area (Å²) < 4.78 is 27.0. The number of hydrogen-bond acceptors (Lipinski definition) is 6. The Balaban J connectivity index is 2.38. The molecule has 0 fully saturated rings. The molecule has 0 amide bonds. The first-order valence-corrected chi connectivity index (χ1v) is 8.49. The Labute approximate surface area is 131 Å². The van der Waals surface area contributed by atoms with Gasteiger partial charge >= 0.3 is 0 Å². The lowest BCUT2D eigenvalue weighted by molar-refractivity contribution is 0.101. The number of hydrogen-bond donors (Lipinski definition) is 2. The lowest BCUT2D eigenvalue weighted by Crippen LogP contribution is -2.14. The maximum Gasteiger partial charge on any atom is 0.264 e. The fourth-order valence-electron chi connectivity index (χ4n) is 1.61. The third-order valence-corrected chi connectivity index (χ3v) is 5.37. The van der Waals surface area contributed by atoms with E-state index in [9.17, 15) is 13.2 Å². The second-order valence-corrected chi connectivity index (χ2v) is 7.25. The molecule has 0 bridgehead atoms. The quantitative estimate of drug-likeness (QED) is 0.655. The zero-order valence-corrected chi connectivity index (χ0v) is 13.6. The average molecular weight is 346 g/mol. The number of halogens is 1. The number of nitrogens with one attached hydrogen (secondary N) is 1. The van der Waals surface area contributed by atoms with Gasteiger partial charge in [0.15, 0.2) is 10.9 Å². The fourth-order valence-corrected chi connectivity index (χ4v) is 4.09. The van der Waals surface area contributed by atoms with Crippen molar-refractivity contribution in [3.63, 3.8) is 0 Å². The maximum atomic E-state index is 12.3. The van der Waals surface area contributed by atoms with E-state index in [1.54, 1.807) is 6.92 Å². The molecule has 0 radical (unpaired) electrons. The molecule has 3 N–H and O–H groups in total. The monoisotopic (exact) mass is 345 g/mol. The highest BCUT2D eigenvalue weighted by atomic mass is 35.5. The number of nitrogen functional groups attached to an aromatic ring is 1. The number of aromatic nitrogens is 1. The first-order chi connectivity index (χ1) is 9.70. The van der Waals surface area contributed by atoms with E-state index in [0.29, 0.717) is 10.6 Å². The number of Topliss-reactive ketones (excluding diaryl/α,β-unsaturated/α-hetero) is 1. The van der Waals surface area contributed by atoms with Gasteiger partial charge in [-0.2, -0.15) is 0 Å². The molecule has 0 saturated heterocycles. The summed E-state index contributed by atoms with van der Waals surface area (Å²) in [6.07, 6.45) is 0. The van der Waals surface area contributed by atoms with E-state index in [1.807, 2.05) is 0 Å². The zero-order chi connectivity index (χ0) is 15.8. The molecule has 6 nitrogen and oxygen atoms in total. The van der Waals surface area contributed by atoms with Crippen LogP contribution in [0.15, 0.2) is 22.4 Å². The molecular formula is C12H12ClN3O3S2. The van der Waals surface area contributed by atoms with Crippen molar-refractivity contribution >= 4 is 49.6 Å². The Morgan fingerprint density at radius 2 is 2.10 bits per heavy atom. The minimum atomic E-state index is -3.85. The van der Waals surface area contributed by atoms with Crippen molar-refractivity contribution in [2.75, 3.05) is 10.5 Å². The number of nitrogens with two attached hydrogens (primary N) is 1. The number of ketones is 1. The summed E-state index contributed by atoms with van der Waals surface area (Å²) in [5.41, 5.74) is 6.49. The van der Waals surface area contributed by atoms with Crippen LogP contribution in [0.4, 0.5) is 10.8 Å². The Morgan fingerprint density at radius 3 is 2.67 bits per heavy atom. The summed E-state index contributed by atoms with van der Waals surface area (Å²) in [6, 6.07) is 2.77. The smallest absolute Gasteiger partial charge is 0.264 e. The van der Waals surface area contributed by atoms with Crippen LogP contribution in [-0.2, 0) is 10.0 Å². The molecule has 0 saturated carbocycles. The summed E-state index contributed by atoms with van der Waals surface area (Å²) >= 11 is 6.88. The highest BCUT2D eigenvalue weighted by Crippen LogP contribution is 2.28. The SMILES string of the molecule is CC(=O)c1csc(NS(=O)(=O)c2cc(N)c(Cl)cc2C)n1. The summed E-state index contributed by atoms with van der Waals surface area (Å²) in [6.45, 7) is 2.97. The lowest BCUT2D eigenvalue weighted by atomic mass is 10.2. The third kappa shape index (κ3) is 3.34. The maximum absolute atomic E-state index is 12.3. The van der Waals surface area contributed by atoms with Gasteiger partial charge in [-0.25, -0.2) is 13.4 Å². The summed E-state index contributed by atoms with van der Waals surface area (Å²) in [5, 5.41) is 1.90. The van der Waals surface area contributed by atoms with Crippen LogP contribution in [0.3, 0.4) is 0 Å². The van der Waals surface area contributed by atoms with Gasteiger partial charge in [0.25, 0.3) is 10.0 Å². The number of benzene rings is 1. The van der Waals surface area contributed by atoms with Gasteiger partial charge in [0.2, 0.25) is 0 Å². The molecular weight excluding hydrogens is 334 g/mol. The van der Waals surface area contributed by atoms with Crippen LogP contribution in [0.5, 0.6) is 0 Å². The van der Waals surface area contributed by atoms with E-state index in [-0.39, 0.29) is 27.2 Å². The van der Waals surface area contributed by atoms with E-state index in [1.165, 1.54) is 24.4 Å². The van der Waals surface area contributed by atoms with Crippen molar-refractivity contribution in [3.8, 4) is 0 Å². The van der Waals surface area contributed by atoms with E-state index >= 15 is 0 Å². The minimum Gasteiger partial charge on any atom is -0.397 e. The molecule has 0 atom stereocenters. The Bertz CT molecular complexity index is 815. The fraction of sp³-hybridized carbons (Fsp3) is 0.167. The summed E-state index contributed by atoms with van der Waals surface area (Å²) in [5.74, 6) is -0.233. The van der Waals surface area contributed by atoms with Gasteiger partial charge in [-0.3, -0.25) is 9.52 Å². The van der Waals surface area contributed by atoms with Crippen molar-refractivity contribution in [2.45, 2.75) is 18.7 Å². The second kappa shape index (κ2) is 5.63. The van der Waals surface area contributed by atoms with Crippen molar-refractivity contribution in [3.05, 3.63) is 33.8 Å². The number of thiazole rings is 1. The topological polar surface area (TPSA) is 102 Å². The molecule has 1 aromatic heterocycles. The van der Waals surface area contributed by atoms with Gasteiger partial charge in [-0.05, 0) is 24.6 Å². The van der Waals surface area contributed by atoms with Crippen LogP contribution in [-0.4, -0.2) is 19.2 Å². The molecule has 0 aliphatic heterocycles. The van der Waals surface area contributed by atoms with Crippen LogP contribution >= 0.6 is 22.9 Å². The first kappa shape index (κ1) is 15.7. The molecule has 2 aromatic rings. The van der Waals surface area contributed by atoms with Crippen LogP contribution in [0, 0.1) is 6.92 Å².